The second-order valence-corrected chi connectivity index (χ2v) is 6.68. The number of hydrogen-bond donors (Lipinski definition) is 1. The van der Waals surface area contributed by atoms with E-state index in [9.17, 15) is 4.39 Å². The van der Waals surface area contributed by atoms with E-state index in [1.54, 1.807) is 12.4 Å². The Morgan fingerprint density at radius 1 is 1.30 bits per heavy atom. The first-order valence-electron chi connectivity index (χ1n) is 7.78. The number of aromatic nitrogens is 2. The Morgan fingerprint density at radius 2 is 1.96 bits per heavy atom. The molecule has 0 aromatic carbocycles. The van der Waals surface area contributed by atoms with Crippen molar-refractivity contribution in [1.29, 1.82) is 0 Å². The van der Waals surface area contributed by atoms with Crippen molar-refractivity contribution in [2.45, 2.75) is 39.7 Å². The Kier molecular flexibility index (Phi) is 5.31. The predicted octanol–water partition coefficient (Wildman–Crippen LogP) is 3.73. The van der Waals surface area contributed by atoms with Gasteiger partial charge < -0.3 is 10.5 Å². The molecule has 0 saturated heterocycles. The Morgan fingerprint density at radius 3 is 2.57 bits per heavy atom. The fourth-order valence-corrected chi connectivity index (χ4v) is 2.71. The highest BCUT2D eigenvalue weighted by molar-refractivity contribution is 5.65. The van der Waals surface area contributed by atoms with Crippen molar-refractivity contribution in [1.82, 2.24) is 9.97 Å². The van der Waals surface area contributed by atoms with E-state index in [0.717, 1.165) is 17.5 Å². The number of halogens is 1. The molecule has 2 N–H and O–H groups in total. The van der Waals surface area contributed by atoms with Gasteiger partial charge in [0.05, 0.1) is 0 Å². The number of aryl methyl sites for hydroxylation is 1. The molecular weight excluding hydrogens is 293 g/mol. The van der Waals surface area contributed by atoms with Gasteiger partial charge >= 0.3 is 0 Å². The standard InChI is InChI=1S/C18H24FN3O/c1-12(2)10-18(4,20)11-23-17-16(19)9-15(13(3)22-17)14-5-7-21-8-6-14/h5-9,12H,10-11,20H2,1-4H3. The maximum absolute atomic E-state index is 14.3. The lowest BCUT2D eigenvalue weighted by molar-refractivity contribution is 0.193. The Hall–Kier alpha value is -2.01. The Bertz CT molecular complexity index is 657. The van der Waals surface area contributed by atoms with E-state index in [1.165, 1.54) is 6.07 Å². The van der Waals surface area contributed by atoms with Gasteiger partial charge in [0.1, 0.15) is 6.61 Å². The zero-order valence-electron chi connectivity index (χ0n) is 14.1. The van der Waals surface area contributed by atoms with Crippen LogP contribution in [0.2, 0.25) is 0 Å². The first-order valence-corrected chi connectivity index (χ1v) is 7.78. The third kappa shape index (κ3) is 4.73. The summed E-state index contributed by atoms with van der Waals surface area (Å²) in [6, 6.07) is 5.09. The van der Waals surface area contributed by atoms with E-state index in [-0.39, 0.29) is 12.5 Å². The van der Waals surface area contributed by atoms with Crippen molar-refractivity contribution in [3.8, 4) is 17.0 Å². The number of ether oxygens (including phenoxy) is 1. The molecule has 0 saturated carbocycles. The van der Waals surface area contributed by atoms with Gasteiger partial charge in [-0.1, -0.05) is 13.8 Å². The van der Waals surface area contributed by atoms with E-state index in [4.69, 9.17) is 10.5 Å². The minimum atomic E-state index is -0.514. The Labute approximate surface area is 136 Å². The second-order valence-electron chi connectivity index (χ2n) is 6.68. The third-order valence-corrected chi connectivity index (χ3v) is 3.54. The third-order valence-electron chi connectivity index (χ3n) is 3.54. The number of hydrogen-bond acceptors (Lipinski definition) is 4. The highest BCUT2D eigenvalue weighted by Gasteiger charge is 2.22. The van der Waals surface area contributed by atoms with Crippen LogP contribution < -0.4 is 10.5 Å². The number of nitrogens with two attached hydrogens (primary N) is 1. The second kappa shape index (κ2) is 7.04. The first kappa shape index (κ1) is 17.3. The van der Waals surface area contributed by atoms with Crippen molar-refractivity contribution in [3.63, 3.8) is 0 Å². The van der Waals surface area contributed by atoms with Crippen LogP contribution in [0.1, 0.15) is 32.9 Å². The van der Waals surface area contributed by atoms with Crippen molar-refractivity contribution < 1.29 is 9.13 Å². The molecule has 23 heavy (non-hydrogen) atoms. The summed E-state index contributed by atoms with van der Waals surface area (Å²) in [5.41, 5.74) is 7.99. The molecule has 5 heteroatoms. The molecule has 2 aromatic heterocycles. The molecule has 4 nitrogen and oxygen atoms in total. The van der Waals surface area contributed by atoms with Gasteiger partial charge in [0.2, 0.25) is 0 Å². The lowest BCUT2D eigenvalue weighted by atomic mass is 9.93. The van der Waals surface area contributed by atoms with Gasteiger partial charge in [-0.05, 0) is 49.9 Å². The lowest BCUT2D eigenvalue weighted by Gasteiger charge is -2.26. The minimum absolute atomic E-state index is 0.000683. The van der Waals surface area contributed by atoms with Gasteiger partial charge in [-0.25, -0.2) is 9.37 Å². The molecule has 2 aromatic rings. The summed E-state index contributed by atoms with van der Waals surface area (Å²) in [6.07, 6.45) is 4.13. The Balaban J connectivity index is 2.18. The van der Waals surface area contributed by atoms with Crippen LogP contribution in [0.3, 0.4) is 0 Å². The monoisotopic (exact) mass is 317 g/mol. The predicted molar refractivity (Wildman–Crippen MR) is 89.7 cm³/mol. The lowest BCUT2D eigenvalue weighted by Crippen LogP contribution is -2.43. The molecule has 1 atom stereocenters. The van der Waals surface area contributed by atoms with Crippen molar-refractivity contribution in [2.24, 2.45) is 11.7 Å². The molecule has 0 bridgehead atoms. The van der Waals surface area contributed by atoms with Crippen LogP contribution in [-0.4, -0.2) is 22.1 Å². The van der Waals surface area contributed by atoms with Crippen LogP contribution in [0.15, 0.2) is 30.6 Å². The highest BCUT2D eigenvalue weighted by atomic mass is 19.1. The van der Waals surface area contributed by atoms with Crippen molar-refractivity contribution >= 4 is 0 Å². The summed E-state index contributed by atoms with van der Waals surface area (Å²) >= 11 is 0. The molecule has 1 unspecified atom stereocenters. The summed E-state index contributed by atoms with van der Waals surface area (Å²) < 4.78 is 19.9. The maximum Gasteiger partial charge on any atom is 0.250 e. The number of nitrogens with zero attached hydrogens (tertiary/aromatic N) is 2. The topological polar surface area (TPSA) is 61.0 Å². The van der Waals surface area contributed by atoms with Crippen LogP contribution >= 0.6 is 0 Å². The van der Waals surface area contributed by atoms with E-state index < -0.39 is 11.4 Å². The summed E-state index contributed by atoms with van der Waals surface area (Å²) in [5, 5.41) is 0. The highest BCUT2D eigenvalue weighted by Crippen LogP contribution is 2.27. The summed E-state index contributed by atoms with van der Waals surface area (Å²) in [7, 11) is 0. The first-order chi connectivity index (χ1) is 10.8. The average Bonchev–Trinajstić information content (AvgIpc) is 2.47. The average molecular weight is 317 g/mol. The van der Waals surface area contributed by atoms with Crippen LogP contribution in [-0.2, 0) is 0 Å². The van der Waals surface area contributed by atoms with E-state index >= 15 is 0 Å². The molecule has 0 amide bonds. The maximum atomic E-state index is 14.3. The zero-order valence-corrected chi connectivity index (χ0v) is 14.1. The van der Waals surface area contributed by atoms with Gasteiger partial charge in [0.15, 0.2) is 5.82 Å². The van der Waals surface area contributed by atoms with E-state index in [1.807, 2.05) is 26.0 Å². The molecule has 2 heterocycles. The van der Waals surface area contributed by atoms with Gasteiger partial charge in [-0.3, -0.25) is 4.98 Å². The fourth-order valence-electron chi connectivity index (χ4n) is 2.71. The molecule has 0 spiro atoms. The van der Waals surface area contributed by atoms with Crippen molar-refractivity contribution in [2.75, 3.05) is 6.61 Å². The molecule has 0 radical (unpaired) electrons. The van der Waals surface area contributed by atoms with Crippen LogP contribution in [0, 0.1) is 18.7 Å². The van der Waals surface area contributed by atoms with Crippen molar-refractivity contribution in [3.05, 3.63) is 42.1 Å². The van der Waals surface area contributed by atoms with Gasteiger partial charge in [0.25, 0.3) is 5.88 Å². The summed E-state index contributed by atoms with van der Waals surface area (Å²) in [4.78, 5) is 8.23. The molecular formula is C18H24FN3O. The van der Waals surface area contributed by atoms with E-state index in [2.05, 4.69) is 23.8 Å². The SMILES string of the molecule is Cc1nc(OCC(C)(N)CC(C)C)c(F)cc1-c1ccncc1. The molecule has 0 aliphatic carbocycles. The molecule has 0 aliphatic heterocycles. The number of rotatable bonds is 6. The summed E-state index contributed by atoms with van der Waals surface area (Å²) in [6.45, 7) is 8.15. The van der Waals surface area contributed by atoms with Gasteiger partial charge in [-0.2, -0.15) is 0 Å². The molecule has 0 aliphatic rings. The zero-order chi connectivity index (χ0) is 17.0. The molecule has 2 rings (SSSR count). The van der Waals surface area contributed by atoms with Crippen LogP contribution in [0.25, 0.3) is 11.1 Å². The molecule has 124 valence electrons. The number of pyridine rings is 2. The largest absolute Gasteiger partial charge is 0.474 e. The van der Waals surface area contributed by atoms with Gasteiger partial charge in [-0.15, -0.1) is 0 Å². The fraction of sp³-hybridized carbons (Fsp3) is 0.444. The molecule has 0 fully saturated rings. The quantitative estimate of drug-likeness (QED) is 0.882. The van der Waals surface area contributed by atoms with Crippen LogP contribution in [0.5, 0.6) is 5.88 Å². The smallest absolute Gasteiger partial charge is 0.250 e. The van der Waals surface area contributed by atoms with E-state index in [0.29, 0.717) is 11.6 Å². The van der Waals surface area contributed by atoms with Gasteiger partial charge in [0, 0.05) is 29.2 Å². The summed E-state index contributed by atoms with van der Waals surface area (Å²) in [5.74, 6) is -0.0364. The van der Waals surface area contributed by atoms with Crippen LogP contribution in [0.4, 0.5) is 4.39 Å². The normalized spacial score (nSPS) is 13.9. The minimum Gasteiger partial charge on any atom is -0.474 e.